The molecule has 0 aromatic carbocycles. The van der Waals surface area contributed by atoms with Crippen LogP contribution in [0.5, 0.6) is 0 Å². The van der Waals surface area contributed by atoms with Crippen LogP contribution in [-0.4, -0.2) is 40.7 Å². The molecule has 0 spiro atoms. The van der Waals surface area contributed by atoms with Gasteiger partial charge in [-0.25, -0.2) is 9.59 Å². The van der Waals surface area contributed by atoms with Crippen molar-refractivity contribution in [3.8, 4) is 0 Å². The molecule has 0 bridgehead atoms. The average Bonchev–Trinajstić information content (AvgIpc) is 2.34. The normalized spacial score (nSPS) is 21.6. The van der Waals surface area contributed by atoms with Crippen LogP contribution in [0.15, 0.2) is 0 Å². The first-order valence-corrected chi connectivity index (χ1v) is 7.07. The van der Waals surface area contributed by atoms with E-state index in [2.05, 4.69) is 10.6 Å². The summed E-state index contributed by atoms with van der Waals surface area (Å²) in [5, 5.41) is 14.4. The molecule has 17 heavy (non-hydrogen) atoms. The molecular formula is C11H20N2O3S. The maximum Gasteiger partial charge on any atom is 0.326 e. The molecule has 5 nitrogen and oxygen atoms in total. The third kappa shape index (κ3) is 5.30. The molecule has 3 N–H and O–H groups in total. The zero-order chi connectivity index (χ0) is 12.7. The molecule has 98 valence electrons. The van der Waals surface area contributed by atoms with Gasteiger partial charge in [0.2, 0.25) is 0 Å². The highest BCUT2D eigenvalue weighted by Crippen LogP contribution is 2.24. The summed E-state index contributed by atoms with van der Waals surface area (Å²) < 4.78 is 0. The van der Waals surface area contributed by atoms with E-state index in [0.717, 1.165) is 12.2 Å². The minimum absolute atomic E-state index is 0.384. The van der Waals surface area contributed by atoms with Crippen LogP contribution in [0.25, 0.3) is 0 Å². The van der Waals surface area contributed by atoms with E-state index in [1.165, 1.54) is 12.8 Å². The van der Waals surface area contributed by atoms with Crippen LogP contribution in [0.4, 0.5) is 4.79 Å². The Morgan fingerprint density at radius 1 is 1.47 bits per heavy atom. The summed E-state index contributed by atoms with van der Waals surface area (Å²) in [6.07, 6.45) is 3.99. The number of carbonyl (C=O) groups excluding carboxylic acids is 1. The largest absolute Gasteiger partial charge is 0.480 e. The van der Waals surface area contributed by atoms with Crippen molar-refractivity contribution in [3.05, 3.63) is 0 Å². The molecule has 0 saturated carbocycles. The van der Waals surface area contributed by atoms with Crippen LogP contribution < -0.4 is 10.6 Å². The Hall–Kier alpha value is -0.910. The molecular weight excluding hydrogens is 240 g/mol. The first-order valence-electron chi connectivity index (χ1n) is 6.02. The van der Waals surface area contributed by atoms with Gasteiger partial charge in [0.1, 0.15) is 6.04 Å². The maximum atomic E-state index is 11.5. The molecule has 1 saturated heterocycles. The first kappa shape index (κ1) is 14.2. The molecule has 0 aliphatic carbocycles. The van der Waals surface area contributed by atoms with Crippen LogP contribution in [0.3, 0.4) is 0 Å². The lowest BCUT2D eigenvalue weighted by atomic mass is 10.2. The minimum atomic E-state index is -0.991. The molecule has 1 aliphatic heterocycles. The summed E-state index contributed by atoms with van der Waals surface area (Å²) in [7, 11) is 0. The van der Waals surface area contributed by atoms with Gasteiger partial charge < -0.3 is 15.7 Å². The fourth-order valence-electron chi connectivity index (χ4n) is 1.72. The maximum absolute atomic E-state index is 11.5. The van der Waals surface area contributed by atoms with Crippen LogP contribution >= 0.6 is 11.8 Å². The van der Waals surface area contributed by atoms with Crippen molar-refractivity contribution in [3.63, 3.8) is 0 Å². The van der Waals surface area contributed by atoms with E-state index < -0.39 is 12.0 Å². The Balaban J connectivity index is 2.21. The number of carboxylic acids is 1. The van der Waals surface area contributed by atoms with Crippen molar-refractivity contribution in [1.82, 2.24) is 10.6 Å². The third-order valence-corrected chi connectivity index (χ3v) is 4.17. The van der Waals surface area contributed by atoms with Gasteiger partial charge in [-0.3, -0.25) is 0 Å². The van der Waals surface area contributed by atoms with Gasteiger partial charge in [0, 0.05) is 11.8 Å². The second-order valence-corrected chi connectivity index (χ2v) is 5.55. The molecule has 2 atom stereocenters. The van der Waals surface area contributed by atoms with Gasteiger partial charge in [-0.1, -0.05) is 13.3 Å². The van der Waals surface area contributed by atoms with Crippen LogP contribution in [0, 0.1) is 0 Å². The van der Waals surface area contributed by atoms with Gasteiger partial charge in [0.25, 0.3) is 0 Å². The molecule has 0 radical (unpaired) electrons. The van der Waals surface area contributed by atoms with Crippen molar-refractivity contribution >= 4 is 23.8 Å². The number of urea groups is 1. The number of rotatable bonds is 5. The molecule has 0 aromatic rings. The van der Waals surface area contributed by atoms with Gasteiger partial charge >= 0.3 is 12.0 Å². The van der Waals surface area contributed by atoms with Crippen LogP contribution in [0.1, 0.15) is 32.6 Å². The predicted molar refractivity (Wildman–Crippen MR) is 68.3 cm³/mol. The highest BCUT2D eigenvalue weighted by molar-refractivity contribution is 7.99. The van der Waals surface area contributed by atoms with E-state index in [0.29, 0.717) is 18.2 Å². The van der Waals surface area contributed by atoms with Crippen molar-refractivity contribution in [1.29, 1.82) is 0 Å². The average molecular weight is 260 g/mol. The lowest BCUT2D eigenvalue weighted by molar-refractivity contribution is -0.139. The lowest BCUT2D eigenvalue weighted by Crippen LogP contribution is -2.47. The Bertz CT molecular complexity index is 267. The lowest BCUT2D eigenvalue weighted by Gasteiger charge is -2.22. The summed E-state index contributed by atoms with van der Waals surface area (Å²) in [6.45, 7) is 2.35. The topological polar surface area (TPSA) is 78.4 Å². The number of carboxylic acid groups (broad SMARTS) is 1. The second kappa shape index (κ2) is 7.42. The summed E-state index contributed by atoms with van der Waals surface area (Å²) >= 11 is 1.88. The smallest absolute Gasteiger partial charge is 0.326 e. The van der Waals surface area contributed by atoms with Crippen molar-refractivity contribution in [2.45, 2.75) is 43.9 Å². The van der Waals surface area contributed by atoms with Crippen LogP contribution in [0.2, 0.25) is 0 Å². The molecule has 2 amide bonds. The van der Waals surface area contributed by atoms with E-state index in [1.807, 2.05) is 11.8 Å². The summed E-state index contributed by atoms with van der Waals surface area (Å²) in [4.78, 5) is 22.2. The standard InChI is InChI=1S/C11H20N2O3S/c1-2-9(10(14)15)13-11(16)12-7-8-5-3-4-6-17-8/h8-9H,2-7H2,1H3,(H,14,15)(H2,12,13,16). The van der Waals surface area contributed by atoms with E-state index in [1.54, 1.807) is 6.92 Å². The molecule has 6 heteroatoms. The van der Waals surface area contributed by atoms with E-state index in [9.17, 15) is 9.59 Å². The number of hydrogen-bond acceptors (Lipinski definition) is 3. The Morgan fingerprint density at radius 3 is 2.76 bits per heavy atom. The minimum Gasteiger partial charge on any atom is -0.480 e. The molecule has 1 rings (SSSR count). The number of amides is 2. The van der Waals surface area contributed by atoms with Crippen molar-refractivity contribution in [2.75, 3.05) is 12.3 Å². The summed E-state index contributed by atoms with van der Waals surface area (Å²) in [6, 6.07) is -1.18. The van der Waals surface area contributed by atoms with Gasteiger partial charge in [-0.05, 0) is 25.0 Å². The van der Waals surface area contributed by atoms with Gasteiger partial charge in [0.15, 0.2) is 0 Å². The number of aliphatic carboxylic acids is 1. The molecule has 1 heterocycles. The SMILES string of the molecule is CCC(NC(=O)NCC1CCCCS1)C(=O)O. The van der Waals surface area contributed by atoms with Crippen LogP contribution in [-0.2, 0) is 4.79 Å². The van der Waals surface area contributed by atoms with E-state index >= 15 is 0 Å². The summed E-state index contributed by atoms with van der Waals surface area (Å²) in [5.74, 6) is 0.162. The fourth-order valence-corrected chi connectivity index (χ4v) is 2.96. The quantitative estimate of drug-likeness (QED) is 0.699. The Morgan fingerprint density at radius 2 is 2.24 bits per heavy atom. The Kier molecular flexibility index (Phi) is 6.18. The number of hydrogen-bond donors (Lipinski definition) is 3. The first-order chi connectivity index (χ1) is 8.13. The molecule has 1 fully saturated rings. The van der Waals surface area contributed by atoms with Crippen molar-refractivity contribution < 1.29 is 14.7 Å². The monoisotopic (exact) mass is 260 g/mol. The van der Waals surface area contributed by atoms with Gasteiger partial charge in [0.05, 0.1) is 0 Å². The van der Waals surface area contributed by atoms with E-state index in [-0.39, 0.29) is 6.03 Å². The summed E-state index contributed by atoms with van der Waals surface area (Å²) in [5.41, 5.74) is 0. The van der Waals surface area contributed by atoms with Crippen molar-refractivity contribution in [2.24, 2.45) is 0 Å². The predicted octanol–water partition coefficient (Wildman–Crippen LogP) is 1.43. The van der Waals surface area contributed by atoms with E-state index in [4.69, 9.17) is 5.11 Å². The zero-order valence-corrected chi connectivity index (χ0v) is 10.9. The molecule has 1 aliphatic rings. The number of thioether (sulfide) groups is 1. The van der Waals surface area contributed by atoms with Gasteiger partial charge in [-0.15, -0.1) is 0 Å². The fraction of sp³-hybridized carbons (Fsp3) is 0.818. The highest BCUT2D eigenvalue weighted by Gasteiger charge is 2.19. The number of nitrogens with one attached hydrogen (secondary N) is 2. The molecule has 0 aromatic heterocycles. The van der Waals surface area contributed by atoms with Gasteiger partial charge in [-0.2, -0.15) is 11.8 Å². The second-order valence-electron chi connectivity index (χ2n) is 4.14. The zero-order valence-electron chi connectivity index (χ0n) is 10.1. The Labute approximate surface area is 106 Å². The molecule has 2 unspecified atom stereocenters. The third-order valence-electron chi connectivity index (χ3n) is 2.78. The number of carbonyl (C=O) groups is 2. The highest BCUT2D eigenvalue weighted by atomic mass is 32.2.